The minimum atomic E-state index is -0.913. The van der Waals surface area contributed by atoms with Crippen molar-refractivity contribution in [1.82, 2.24) is 20.5 Å². The van der Waals surface area contributed by atoms with Gasteiger partial charge in [0.1, 0.15) is 0 Å². The third kappa shape index (κ3) is 2.36. The van der Waals surface area contributed by atoms with Crippen LogP contribution >= 0.6 is 0 Å². The molecule has 106 valence electrons. The Morgan fingerprint density at radius 1 is 1.35 bits per heavy atom. The van der Waals surface area contributed by atoms with Crippen LogP contribution in [0, 0.1) is 11.6 Å². The maximum absolute atomic E-state index is 13.7. The molecule has 0 saturated carbocycles. The number of rotatable bonds is 2. The van der Waals surface area contributed by atoms with E-state index in [1.807, 2.05) is 4.90 Å². The summed E-state index contributed by atoms with van der Waals surface area (Å²) in [5.41, 5.74) is 0.0898. The average molecular weight is 279 g/mol. The third-order valence-electron chi connectivity index (χ3n) is 3.33. The fourth-order valence-electron chi connectivity index (χ4n) is 2.32. The monoisotopic (exact) mass is 279 g/mol. The van der Waals surface area contributed by atoms with E-state index in [1.54, 1.807) is 0 Å². The molecule has 7 heteroatoms. The highest BCUT2D eigenvalue weighted by Crippen LogP contribution is 2.22. The molecule has 1 aromatic carbocycles. The Morgan fingerprint density at radius 2 is 2.20 bits per heavy atom. The second kappa shape index (κ2) is 5.16. The maximum Gasteiger partial charge on any atom is 0.245 e. The first-order valence-corrected chi connectivity index (χ1v) is 6.50. The van der Waals surface area contributed by atoms with Crippen molar-refractivity contribution in [3.8, 4) is 11.4 Å². The fourth-order valence-corrected chi connectivity index (χ4v) is 2.32. The largest absolute Gasteiger partial charge is 0.337 e. The molecule has 1 aromatic heterocycles. The van der Waals surface area contributed by atoms with E-state index in [2.05, 4.69) is 27.4 Å². The topological polar surface area (TPSA) is 56.8 Å². The van der Waals surface area contributed by atoms with Gasteiger partial charge in [0.2, 0.25) is 5.95 Å². The number of hydrogen-bond acceptors (Lipinski definition) is 4. The third-order valence-corrected chi connectivity index (χ3v) is 3.33. The van der Waals surface area contributed by atoms with Gasteiger partial charge in [-0.2, -0.15) is 4.98 Å². The van der Waals surface area contributed by atoms with Gasteiger partial charge in [-0.1, -0.05) is 6.07 Å². The zero-order valence-electron chi connectivity index (χ0n) is 11.0. The van der Waals surface area contributed by atoms with Crippen LogP contribution in [0.2, 0.25) is 0 Å². The van der Waals surface area contributed by atoms with Crippen molar-refractivity contribution < 1.29 is 8.78 Å². The molecule has 2 aromatic rings. The van der Waals surface area contributed by atoms with Crippen LogP contribution in [0.3, 0.4) is 0 Å². The van der Waals surface area contributed by atoms with Crippen LogP contribution in [0.5, 0.6) is 0 Å². The Hall–Kier alpha value is -2.02. The number of halogens is 2. The van der Waals surface area contributed by atoms with Crippen LogP contribution in [0.1, 0.15) is 6.92 Å². The number of nitrogens with zero attached hydrogens (tertiary/aromatic N) is 3. The van der Waals surface area contributed by atoms with Crippen molar-refractivity contribution in [3.63, 3.8) is 0 Å². The average Bonchev–Trinajstić information content (AvgIpc) is 2.91. The summed E-state index contributed by atoms with van der Waals surface area (Å²) in [4.78, 5) is 6.28. The zero-order valence-corrected chi connectivity index (χ0v) is 11.0. The number of nitrogens with one attached hydrogen (secondary N) is 2. The zero-order chi connectivity index (χ0) is 14.1. The molecule has 0 spiro atoms. The van der Waals surface area contributed by atoms with Crippen LogP contribution in [0.25, 0.3) is 11.4 Å². The quantitative estimate of drug-likeness (QED) is 0.875. The Bertz CT molecular complexity index is 613. The lowest BCUT2D eigenvalue weighted by Crippen LogP contribution is -2.49. The second-order valence-electron chi connectivity index (χ2n) is 4.89. The molecule has 20 heavy (non-hydrogen) atoms. The van der Waals surface area contributed by atoms with Crippen molar-refractivity contribution in [2.75, 3.05) is 24.5 Å². The second-order valence-corrected chi connectivity index (χ2v) is 4.89. The van der Waals surface area contributed by atoms with Crippen molar-refractivity contribution in [3.05, 3.63) is 29.8 Å². The summed E-state index contributed by atoms with van der Waals surface area (Å²) < 4.78 is 26.9. The molecule has 5 nitrogen and oxygen atoms in total. The van der Waals surface area contributed by atoms with E-state index in [0.29, 0.717) is 12.0 Å². The van der Waals surface area contributed by atoms with E-state index >= 15 is 0 Å². The first kappa shape index (κ1) is 13.0. The van der Waals surface area contributed by atoms with Gasteiger partial charge in [-0.15, -0.1) is 5.10 Å². The Labute approximate surface area is 115 Å². The number of benzene rings is 1. The van der Waals surface area contributed by atoms with Crippen LogP contribution in [-0.4, -0.2) is 40.9 Å². The number of H-pyrrole nitrogens is 1. The predicted octanol–water partition coefficient (Wildman–Crippen LogP) is 1.55. The molecule has 1 aliphatic rings. The molecule has 1 aliphatic heterocycles. The summed E-state index contributed by atoms with van der Waals surface area (Å²) >= 11 is 0. The minimum absolute atomic E-state index is 0.0898. The fraction of sp³-hybridized carbons (Fsp3) is 0.385. The standard InChI is InChI=1S/C13H15F2N5/c1-8-7-20(6-5-16-8)13-17-12(18-19-13)9-3-2-4-10(14)11(9)15/h2-4,8,16H,5-7H2,1H3,(H,17,18,19). The SMILES string of the molecule is CC1CN(c2n[nH]c(-c3cccc(F)c3F)n2)CCN1. The lowest BCUT2D eigenvalue weighted by atomic mass is 10.2. The van der Waals surface area contributed by atoms with Gasteiger partial charge in [0.15, 0.2) is 17.5 Å². The highest BCUT2D eigenvalue weighted by Gasteiger charge is 2.20. The highest BCUT2D eigenvalue weighted by molar-refractivity contribution is 5.57. The van der Waals surface area contributed by atoms with Crippen LogP contribution in [-0.2, 0) is 0 Å². The van der Waals surface area contributed by atoms with Gasteiger partial charge in [-0.25, -0.2) is 8.78 Å². The van der Waals surface area contributed by atoms with Gasteiger partial charge in [-0.3, -0.25) is 5.10 Å². The van der Waals surface area contributed by atoms with Crippen LogP contribution < -0.4 is 10.2 Å². The molecule has 1 fully saturated rings. The molecule has 0 radical (unpaired) electrons. The molecular weight excluding hydrogens is 264 g/mol. The van der Waals surface area contributed by atoms with E-state index in [-0.39, 0.29) is 11.4 Å². The van der Waals surface area contributed by atoms with E-state index < -0.39 is 11.6 Å². The van der Waals surface area contributed by atoms with E-state index in [9.17, 15) is 8.78 Å². The molecule has 1 unspecified atom stereocenters. The first-order valence-electron chi connectivity index (χ1n) is 6.50. The van der Waals surface area contributed by atoms with Gasteiger partial charge in [-0.05, 0) is 19.1 Å². The number of aromatic amines is 1. The Kier molecular flexibility index (Phi) is 3.35. The van der Waals surface area contributed by atoms with Crippen LogP contribution in [0.4, 0.5) is 14.7 Å². The van der Waals surface area contributed by atoms with Crippen molar-refractivity contribution in [1.29, 1.82) is 0 Å². The molecule has 2 N–H and O–H groups in total. The smallest absolute Gasteiger partial charge is 0.245 e. The first-order chi connectivity index (χ1) is 9.65. The number of piperazine rings is 1. The lowest BCUT2D eigenvalue weighted by molar-refractivity contribution is 0.480. The molecule has 1 saturated heterocycles. The molecule has 0 bridgehead atoms. The highest BCUT2D eigenvalue weighted by atomic mass is 19.2. The molecule has 0 amide bonds. The summed E-state index contributed by atoms with van der Waals surface area (Å²) in [6.45, 7) is 4.49. The molecule has 2 heterocycles. The molecule has 3 rings (SSSR count). The number of aromatic nitrogens is 3. The van der Waals surface area contributed by atoms with E-state index in [0.717, 1.165) is 25.7 Å². The van der Waals surface area contributed by atoms with Crippen molar-refractivity contribution >= 4 is 5.95 Å². The number of hydrogen-bond donors (Lipinski definition) is 2. The minimum Gasteiger partial charge on any atom is -0.337 e. The van der Waals surface area contributed by atoms with Gasteiger partial charge in [0, 0.05) is 25.7 Å². The van der Waals surface area contributed by atoms with Crippen LogP contribution in [0.15, 0.2) is 18.2 Å². The summed E-state index contributed by atoms with van der Waals surface area (Å²) in [5, 5.41) is 10.1. The lowest BCUT2D eigenvalue weighted by Gasteiger charge is -2.30. The van der Waals surface area contributed by atoms with Gasteiger partial charge in [0.05, 0.1) is 5.56 Å². The van der Waals surface area contributed by atoms with Crippen molar-refractivity contribution in [2.24, 2.45) is 0 Å². The predicted molar refractivity (Wildman–Crippen MR) is 71.4 cm³/mol. The molecular formula is C13H15F2N5. The summed E-state index contributed by atoms with van der Waals surface area (Å²) in [6.07, 6.45) is 0. The van der Waals surface area contributed by atoms with E-state index in [1.165, 1.54) is 12.1 Å². The summed E-state index contributed by atoms with van der Waals surface area (Å²) in [6, 6.07) is 4.34. The summed E-state index contributed by atoms with van der Waals surface area (Å²) in [7, 11) is 0. The summed E-state index contributed by atoms with van der Waals surface area (Å²) in [5.74, 6) is -1.06. The Morgan fingerprint density at radius 3 is 3.00 bits per heavy atom. The normalized spacial score (nSPS) is 19.4. The molecule has 1 atom stereocenters. The number of anilines is 1. The Balaban J connectivity index is 1.88. The molecule has 0 aliphatic carbocycles. The van der Waals surface area contributed by atoms with Gasteiger partial charge in [0.25, 0.3) is 0 Å². The van der Waals surface area contributed by atoms with Crippen molar-refractivity contribution in [2.45, 2.75) is 13.0 Å². The van der Waals surface area contributed by atoms with Gasteiger partial charge < -0.3 is 10.2 Å². The maximum atomic E-state index is 13.7. The van der Waals surface area contributed by atoms with Gasteiger partial charge >= 0.3 is 0 Å². The van der Waals surface area contributed by atoms with E-state index in [4.69, 9.17) is 0 Å².